The Labute approximate surface area is 281 Å². The number of allylic oxidation sites excluding steroid dienone is 4. The van der Waals surface area contributed by atoms with Crippen molar-refractivity contribution in [2.45, 2.75) is 88.7 Å². The van der Waals surface area contributed by atoms with Crippen molar-refractivity contribution in [2.75, 3.05) is 26.4 Å². The summed E-state index contributed by atoms with van der Waals surface area (Å²) in [5.41, 5.74) is -3.11. The van der Waals surface area contributed by atoms with E-state index in [9.17, 15) is 44.5 Å². The molecule has 0 aromatic heterocycles. The molecule has 17 heteroatoms. The van der Waals surface area contributed by atoms with Crippen molar-refractivity contribution in [2.24, 2.45) is 28.6 Å². The van der Waals surface area contributed by atoms with Crippen molar-refractivity contribution in [3.05, 3.63) is 44.0 Å². The predicted molar refractivity (Wildman–Crippen MR) is 163 cm³/mol. The molecule has 0 amide bonds. The Morgan fingerprint density at radius 3 is 2.33 bits per heavy atom. The molecule has 0 bridgehead atoms. The van der Waals surface area contributed by atoms with E-state index in [0.29, 0.717) is 19.3 Å². The molecule has 3 saturated carbocycles. The van der Waals surface area contributed by atoms with Gasteiger partial charge in [-0.1, -0.05) is 32.4 Å². The van der Waals surface area contributed by atoms with Gasteiger partial charge < -0.3 is 29.0 Å². The van der Waals surface area contributed by atoms with E-state index < -0.39 is 68.0 Å². The molecule has 4 rings (SSSR count). The number of esters is 1. The average molecular weight is 701 g/mol. The van der Waals surface area contributed by atoms with Crippen LogP contribution in [0.2, 0.25) is 0 Å². The Morgan fingerprint density at radius 1 is 1.02 bits per heavy atom. The maximum atomic E-state index is 14.3. The number of aliphatic hydroxyl groups is 1. The number of carbonyl (C=O) groups excluding carboxylic acids is 4. The standard InChI is InChI=1S/C31H41ClN2O14/c1-19-15-23-22-9-8-20-16-21(35)10-11-28(20,2)30(22,32)24(36)17-29(23,3)31(19,48-26(38)7-6-14-47-34(42)43)25(37)18-45-27(39)44-12-4-5-13-46-33(40)41/h10-11,16,19,22-24,36H,4-9,12-15,17-18H2,1-3H3/t19-,22?,23?,24-,28-,29-,30-,31-/m0/s1. The molecule has 0 aliphatic heterocycles. The number of fused-ring (bicyclic) bond motifs is 5. The third kappa shape index (κ3) is 6.60. The summed E-state index contributed by atoms with van der Waals surface area (Å²) in [7, 11) is 0. The number of hydrogen-bond acceptors (Lipinski definition) is 14. The maximum Gasteiger partial charge on any atom is 0.508 e. The van der Waals surface area contributed by atoms with Crippen LogP contribution in [0.3, 0.4) is 0 Å². The van der Waals surface area contributed by atoms with Crippen molar-refractivity contribution in [1.82, 2.24) is 0 Å². The van der Waals surface area contributed by atoms with Gasteiger partial charge in [-0.2, -0.15) is 0 Å². The average Bonchev–Trinajstić information content (AvgIpc) is 3.22. The molecule has 16 nitrogen and oxygen atoms in total. The molecule has 0 radical (unpaired) electrons. The van der Waals surface area contributed by atoms with Gasteiger partial charge in [0.1, 0.15) is 0 Å². The number of nitrogens with zero attached hydrogens (tertiary/aromatic N) is 2. The van der Waals surface area contributed by atoms with Crippen LogP contribution in [0.15, 0.2) is 23.8 Å². The lowest BCUT2D eigenvalue weighted by molar-refractivity contribution is -0.757. The second kappa shape index (κ2) is 14.4. The fraction of sp³-hybridized carbons (Fsp3) is 0.742. The number of Topliss-reactive ketones (excluding diaryl/α,β-unsaturated/α-hetero) is 1. The maximum absolute atomic E-state index is 14.3. The Hall–Kier alpha value is -3.79. The number of ether oxygens (including phenoxy) is 3. The quantitative estimate of drug-likeness (QED) is 0.0843. The summed E-state index contributed by atoms with van der Waals surface area (Å²) in [6, 6.07) is 0. The van der Waals surface area contributed by atoms with Crippen LogP contribution in [0.25, 0.3) is 0 Å². The predicted octanol–water partition coefficient (Wildman–Crippen LogP) is 3.85. The minimum atomic E-state index is -1.88. The van der Waals surface area contributed by atoms with Crippen LogP contribution in [0, 0.1) is 48.8 Å². The summed E-state index contributed by atoms with van der Waals surface area (Å²) in [6.45, 7) is 3.87. The van der Waals surface area contributed by atoms with E-state index in [1.54, 1.807) is 26.0 Å². The zero-order valence-electron chi connectivity index (χ0n) is 27.1. The second-order valence-electron chi connectivity index (χ2n) is 13.3. The highest BCUT2D eigenvalue weighted by atomic mass is 35.5. The lowest BCUT2D eigenvalue weighted by atomic mass is 9.45. The molecule has 4 aliphatic carbocycles. The number of halogens is 1. The highest BCUT2D eigenvalue weighted by Crippen LogP contribution is 2.72. The summed E-state index contributed by atoms with van der Waals surface area (Å²) in [4.78, 5) is 80.2. The van der Waals surface area contributed by atoms with Gasteiger partial charge in [-0.15, -0.1) is 31.8 Å². The van der Waals surface area contributed by atoms with Crippen molar-refractivity contribution >= 4 is 35.3 Å². The second-order valence-corrected chi connectivity index (χ2v) is 14.0. The Kier molecular flexibility index (Phi) is 11.1. The van der Waals surface area contributed by atoms with Crippen LogP contribution in [-0.2, 0) is 38.3 Å². The van der Waals surface area contributed by atoms with Gasteiger partial charge in [-0.3, -0.25) is 14.4 Å². The highest BCUT2D eigenvalue weighted by Gasteiger charge is 2.76. The van der Waals surface area contributed by atoms with Gasteiger partial charge in [-0.05, 0) is 68.9 Å². The van der Waals surface area contributed by atoms with Gasteiger partial charge in [0.25, 0.3) is 10.2 Å². The minimum absolute atomic E-state index is 0.0627. The largest absolute Gasteiger partial charge is 0.508 e. The van der Waals surface area contributed by atoms with Gasteiger partial charge in [0, 0.05) is 23.2 Å². The van der Waals surface area contributed by atoms with Gasteiger partial charge in [0.2, 0.25) is 5.78 Å². The van der Waals surface area contributed by atoms with Crippen molar-refractivity contribution < 1.29 is 58.3 Å². The Morgan fingerprint density at radius 2 is 1.67 bits per heavy atom. The molecule has 1 N–H and O–H groups in total. The molecule has 8 atom stereocenters. The van der Waals surface area contributed by atoms with E-state index >= 15 is 0 Å². The lowest BCUT2D eigenvalue weighted by Gasteiger charge is -2.64. The molecule has 4 aliphatic rings. The molecule has 3 fully saturated rings. The van der Waals surface area contributed by atoms with Crippen molar-refractivity contribution in [3.8, 4) is 0 Å². The van der Waals surface area contributed by atoms with Crippen LogP contribution in [0.4, 0.5) is 4.79 Å². The number of rotatable bonds is 15. The van der Waals surface area contributed by atoms with Crippen LogP contribution in [-0.4, -0.2) is 82.0 Å². The molecule has 0 heterocycles. The molecule has 0 aromatic carbocycles. The summed E-state index contributed by atoms with van der Waals surface area (Å²) >= 11 is 7.51. The van der Waals surface area contributed by atoms with Crippen LogP contribution >= 0.6 is 11.6 Å². The van der Waals surface area contributed by atoms with Gasteiger partial charge in [-0.25, -0.2) is 4.79 Å². The Balaban J connectivity index is 1.58. The number of carbonyl (C=O) groups is 4. The Bertz CT molecular complexity index is 1390. The topological polar surface area (TPSA) is 221 Å². The fourth-order valence-corrected chi connectivity index (χ4v) is 9.28. The molecular weight excluding hydrogens is 660 g/mol. The van der Waals surface area contributed by atoms with Gasteiger partial charge in [0.15, 0.2) is 18.0 Å². The normalized spacial score (nSPS) is 34.9. The number of aliphatic hydroxyl groups excluding tert-OH is 1. The van der Waals surface area contributed by atoms with Crippen LogP contribution in [0.1, 0.15) is 72.1 Å². The first-order chi connectivity index (χ1) is 22.5. The molecule has 0 aromatic rings. The summed E-state index contributed by atoms with van der Waals surface area (Å²) in [6.07, 6.45) is 3.79. The van der Waals surface area contributed by atoms with E-state index in [-0.39, 0.29) is 69.5 Å². The lowest BCUT2D eigenvalue weighted by Crippen LogP contribution is -2.69. The first-order valence-electron chi connectivity index (χ1n) is 15.9. The zero-order valence-corrected chi connectivity index (χ0v) is 27.8. The van der Waals surface area contributed by atoms with E-state index in [1.807, 2.05) is 6.92 Å². The molecule has 0 spiro atoms. The molecule has 2 unspecified atom stereocenters. The van der Waals surface area contributed by atoms with E-state index in [4.69, 9.17) is 25.8 Å². The highest BCUT2D eigenvalue weighted by molar-refractivity contribution is 6.26. The minimum Gasteiger partial charge on any atom is -0.450 e. The summed E-state index contributed by atoms with van der Waals surface area (Å²) in [5.74, 6) is -3.06. The van der Waals surface area contributed by atoms with Crippen LogP contribution in [0.5, 0.6) is 0 Å². The fourth-order valence-electron chi connectivity index (χ4n) is 8.76. The van der Waals surface area contributed by atoms with Crippen LogP contribution < -0.4 is 0 Å². The SMILES string of the molecule is C[C@H]1CC2C3CCC4=CC(=O)C=C[C@]4(C)[C@@]3(Cl)[C@@H](O)C[C@]2(C)[C@@]1(OC(=O)CCCO[N+](=O)[O-])C(=O)COC(=O)OCCCCO[N+](=O)[O-]. The van der Waals surface area contributed by atoms with E-state index in [1.165, 1.54) is 6.08 Å². The molecular formula is C31H41ClN2O14. The number of unbranched alkanes of at least 4 members (excludes halogenated alkanes) is 1. The van der Waals surface area contributed by atoms with Crippen molar-refractivity contribution in [3.63, 3.8) is 0 Å². The van der Waals surface area contributed by atoms with Gasteiger partial charge in [0.05, 0.1) is 30.8 Å². The smallest absolute Gasteiger partial charge is 0.450 e. The molecule has 0 saturated heterocycles. The number of ketones is 2. The summed E-state index contributed by atoms with van der Waals surface area (Å²) in [5, 5.41) is 30.8. The zero-order chi connectivity index (χ0) is 35.5. The van der Waals surface area contributed by atoms with E-state index in [2.05, 4.69) is 9.68 Å². The van der Waals surface area contributed by atoms with E-state index in [0.717, 1.165) is 5.57 Å². The molecule has 48 heavy (non-hydrogen) atoms. The van der Waals surface area contributed by atoms with Crippen molar-refractivity contribution in [1.29, 1.82) is 0 Å². The first-order valence-corrected chi connectivity index (χ1v) is 16.3. The molecule has 266 valence electrons. The number of alkyl halides is 1. The summed E-state index contributed by atoms with van der Waals surface area (Å²) < 4.78 is 16.2. The number of hydrogen-bond donors (Lipinski definition) is 1. The first kappa shape index (κ1) is 37.0. The monoisotopic (exact) mass is 700 g/mol. The third-order valence-corrected chi connectivity index (χ3v) is 11.8. The van der Waals surface area contributed by atoms with Gasteiger partial charge >= 0.3 is 12.1 Å². The third-order valence-electron chi connectivity index (χ3n) is 10.9.